The molecule has 0 amide bonds. The van der Waals surface area contributed by atoms with Crippen LogP contribution in [-0.2, 0) is 24.5 Å². The molecule has 1 atom stereocenters. The number of ether oxygens (including phenoxy) is 1. The summed E-state index contributed by atoms with van der Waals surface area (Å²) in [5, 5.41) is 8.93. The van der Waals surface area contributed by atoms with Gasteiger partial charge < -0.3 is 9.84 Å². The number of nitrogens with one attached hydrogen (secondary N) is 1. The highest BCUT2D eigenvalue weighted by Gasteiger charge is 2.31. The number of nitrogens with zero attached hydrogens (tertiary/aromatic N) is 1. The molecular formula is C11H20N2O6S. The van der Waals surface area contributed by atoms with Gasteiger partial charge in [0.15, 0.2) is 0 Å². The zero-order valence-electron chi connectivity index (χ0n) is 11.4. The summed E-state index contributed by atoms with van der Waals surface area (Å²) in [6, 6.07) is 0. The zero-order valence-corrected chi connectivity index (χ0v) is 12.2. The van der Waals surface area contributed by atoms with Crippen molar-refractivity contribution in [2.75, 3.05) is 26.2 Å². The number of carbonyl (C=O) groups excluding carboxylic acids is 1. The number of rotatable bonds is 7. The van der Waals surface area contributed by atoms with E-state index in [0.717, 1.165) is 4.31 Å². The molecule has 0 aromatic heterocycles. The Bertz CT molecular complexity index is 450. The monoisotopic (exact) mass is 308 g/mol. The number of carboxylic acids is 1. The second-order valence-electron chi connectivity index (χ2n) is 4.49. The maximum Gasteiger partial charge on any atom is 0.307 e. The van der Waals surface area contributed by atoms with E-state index in [9.17, 15) is 18.0 Å². The lowest BCUT2D eigenvalue weighted by atomic mass is 10.0. The smallest absolute Gasteiger partial charge is 0.307 e. The molecule has 1 rings (SSSR count). The van der Waals surface area contributed by atoms with E-state index in [2.05, 4.69) is 9.46 Å². The van der Waals surface area contributed by atoms with Gasteiger partial charge >= 0.3 is 11.9 Å². The minimum atomic E-state index is -3.75. The number of aliphatic carboxylic acids is 1. The Morgan fingerprint density at radius 1 is 1.45 bits per heavy atom. The zero-order chi connectivity index (χ0) is 15.2. The summed E-state index contributed by atoms with van der Waals surface area (Å²) in [6.45, 7) is 2.11. The highest BCUT2D eigenvalue weighted by atomic mass is 32.2. The highest BCUT2D eigenvalue weighted by molar-refractivity contribution is 7.87. The topological polar surface area (TPSA) is 113 Å². The lowest BCUT2D eigenvalue weighted by Crippen LogP contribution is -2.47. The fourth-order valence-corrected chi connectivity index (χ4v) is 3.26. The minimum absolute atomic E-state index is 0.0376. The number of esters is 1. The summed E-state index contributed by atoms with van der Waals surface area (Å²) >= 11 is 0. The summed E-state index contributed by atoms with van der Waals surface area (Å²) in [7, 11) is -3.75. The number of carbonyl (C=O) groups is 2. The Hall–Kier alpha value is -1.19. The molecule has 1 heterocycles. The lowest BCUT2D eigenvalue weighted by molar-refractivity contribution is -0.143. The Morgan fingerprint density at radius 2 is 2.15 bits per heavy atom. The average molecular weight is 308 g/mol. The maximum atomic E-state index is 12.0. The molecule has 8 nitrogen and oxygen atoms in total. The van der Waals surface area contributed by atoms with Gasteiger partial charge in [-0.15, -0.1) is 0 Å². The van der Waals surface area contributed by atoms with Crippen molar-refractivity contribution >= 4 is 22.1 Å². The average Bonchev–Trinajstić information content (AvgIpc) is 2.39. The highest BCUT2D eigenvalue weighted by Crippen LogP contribution is 2.18. The van der Waals surface area contributed by atoms with Crippen LogP contribution in [0, 0.1) is 5.92 Å². The molecule has 0 aliphatic carbocycles. The van der Waals surface area contributed by atoms with Crippen LogP contribution < -0.4 is 4.72 Å². The fourth-order valence-electron chi connectivity index (χ4n) is 1.97. The van der Waals surface area contributed by atoms with Crippen molar-refractivity contribution in [2.24, 2.45) is 5.92 Å². The van der Waals surface area contributed by atoms with Crippen LogP contribution in [0.4, 0.5) is 0 Å². The summed E-state index contributed by atoms with van der Waals surface area (Å²) < 4.78 is 32.0. The van der Waals surface area contributed by atoms with Crippen molar-refractivity contribution in [3.05, 3.63) is 0 Å². The summed E-state index contributed by atoms with van der Waals surface area (Å²) in [4.78, 5) is 22.0. The van der Waals surface area contributed by atoms with Crippen molar-refractivity contribution in [2.45, 2.75) is 26.2 Å². The summed E-state index contributed by atoms with van der Waals surface area (Å²) in [5.74, 6) is -2.14. The number of hydrogen-bond acceptors (Lipinski definition) is 5. The first-order valence-corrected chi connectivity index (χ1v) is 7.94. The Kier molecular flexibility index (Phi) is 6.37. The third-order valence-electron chi connectivity index (χ3n) is 2.99. The molecule has 0 aromatic carbocycles. The SMILES string of the molecule is CCOC(=O)CCNS(=O)(=O)N1CCCC(C(=O)O)C1. The number of carboxylic acid groups (broad SMARTS) is 1. The second kappa shape index (κ2) is 7.55. The van der Waals surface area contributed by atoms with Crippen molar-refractivity contribution in [1.82, 2.24) is 9.03 Å². The van der Waals surface area contributed by atoms with Crippen LogP contribution >= 0.6 is 0 Å². The van der Waals surface area contributed by atoms with Gasteiger partial charge in [-0.25, -0.2) is 4.72 Å². The van der Waals surface area contributed by atoms with Crippen molar-refractivity contribution in [1.29, 1.82) is 0 Å². The van der Waals surface area contributed by atoms with E-state index in [0.29, 0.717) is 19.4 Å². The van der Waals surface area contributed by atoms with Gasteiger partial charge in [0.2, 0.25) is 0 Å². The Morgan fingerprint density at radius 3 is 2.75 bits per heavy atom. The number of hydrogen-bond donors (Lipinski definition) is 2. The fraction of sp³-hybridized carbons (Fsp3) is 0.818. The van der Waals surface area contributed by atoms with E-state index < -0.39 is 28.1 Å². The molecule has 1 aliphatic rings. The molecule has 116 valence electrons. The standard InChI is InChI=1S/C11H20N2O6S/c1-2-19-10(14)5-6-12-20(17,18)13-7-3-4-9(8-13)11(15)16/h9,12H,2-8H2,1H3,(H,15,16). The van der Waals surface area contributed by atoms with Crippen molar-refractivity contribution in [3.8, 4) is 0 Å². The van der Waals surface area contributed by atoms with Crippen LogP contribution in [0.3, 0.4) is 0 Å². The van der Waals surface area contributed by atoms with Gasteiger partial charge in [0.1, 0.15) is 0 Å². The molecular weight excluding hydrogens is 288 g/mol. The van der Waals surface area contributed by atoms with Crippen LogP contribution in [0.1, 0.15) is 26.2 Å². The van der Waals surface area contributed by atoms with Crippen LogP contribution in [0.25, 0.3) is 0 Å². The first-order chi connectivity index (χ1) is 9.36. The predicted molar refractivity (Wildman–Crippen MR) is 70.1 cm³/mol. The molecule has 1 saturated heterocycles. The molecule has 9 heteroatoms. The summed E-state index contributed by atoms with van der Waals surface area (Å²) in [6.07, 6.45) is 0.934. The van der Waals surface area contributed by atoms with Gasteiger partial charge in [0, 0.05) is 19.6 Å². The largest absolute Gasteiger partial charge is 0.481 e. The lowest BCUT2D eigenvalue weighted by Gasteiger charge is -2.29. The van der Waals surface area contributed by atoms with Crippen molar-refractivity contribution in [3.63, 3.8) is 0 Å². The van der Waals surface area contributed by atoms with Gasteiger partial charge in [-0.3, -0.25) is 9.59 Å². The molecule has 20 heavy (non-hydrogen) atoms. The normalized spacial score (nSPS) is 20.6. The van der Waals surface area contributed by atoms with E-state index in [1.807, 2.05) is 0 Å². The van der Waals surface area contributed by atoms with E-state index >= 15 is 0 Å². The molecule has 1 fully saturated rings. The van der Waals surface area contributed by atoms with Crippen LogP contribution in [0.2, 0.25) is 0 Å². The van der Waals surface area contributed by atoms with E-state index in [1.54, 1.807) is 6.92 Å². The number of piperidine rings is 1. The molecule has 0 spiro atoms. The Labute approximate surface area is 118 Å². The molecule has 0 bridgehead atoms. The predicted octanol–water partition coefficient (Wildman–Crippen LogP) is -0.429. The van der Waals surface area contributed by atoms with E-state index in [-0.39, 0.29) is 26.1 Å². The first kappa shape index (κ1) is 16.9. The Balaban J connectivity index is 2.47. The molecule has 0 aromatic rings. The van der Waals surface area contributed by atoms with Crippen molar-refractivity contribution < 1.29 is 27.9 Å². The van der Waals surface area contributed by atoms with Gasteiger partial charge in [0.05, 0.1) is 18.9 Å². The minimum Gasteiger partial charge on any atom is -0.481 e. The van der Waals surface area contributed by atoms with Crippen LogP contribution in [0.15, 0.2) is 0 Å². The molecule has 1 unspecified atom stereocenters. The van der Waals surface area contributed by atoms with E-state index in [1.165, 1.54) is 0 Å². The quantitative estimate of drug-likeness (QED) is 0.617. The van der Waals surface area contributed by atoms with E-state index in [4.69, 9.17) is 5.11 Å². The summed E-state index contributed by atoms with van der Waals surface area (Å²) in [5.41, 5.74) is 0. The molecule has 1 aliphatic heterocycles. The van der Waals surface area contributed by atoms with Gasteiger partial charge in [-0.2, -0.15) is 12.7 Å². The van der Waals surface area contributed by atoms with Gasteiger partial charge in [0.25, 0.3) is 10.2 Å². The molecule has 2 N–H and O–H groups in total. The van der Waals surface area contributed by atoms with Gasteiger partial charge in [-0.1, -0.05) is 0 Å². The van der Waals surface area contributed by atoms with Crippen LogP contribution in [-0.4, -0.2) is 56.0 Å². The molecule has 0 radical (unpaired) electrons. The first-order valence-electron chi connectivity index (χ1n) is 6.50. The molecule has 0 saturated carbocycles. The third-order valence-corrected chi connectivity index (χ3v) is 4.57. The second-order valence-corrected chi connectivity index (χ2v) is 6.25. The van der Waals surface area contributed by atoms with Gasteiger partial charge in [-0.05, 0) is 19.8 Å². The van der Waals surface area contributed by atoms with Crippen LogP contribution in [0.5, 0.6) is 0 Å². The maximum absolute atomic E-state index is 12.0. The third kappa shape index (κ3) is 5.06.